The Hall–Kier alpha value is -4.53. The number of amides is 3. The van der Waals surface area contributed by atoms with E-state index in [0.717, 1.165) is 11.1 Å². The summed E-state index contributed by atoms with van der Waals surface area (Å²) in [6.07, 6.45) is 1.41. The van der Waals surface area contributed by atoms with Gasteiger partial charge >= 0.3 is 12.0 Å². The summed E-state index contributed by atoms with van der Waals surface area (Å²) in [4.78, 5) is 39.9. The van der Waals surface area contributed by atoms with Crippen LogP contribution >= 0.6 is 0 Å². The van der Waals surface area contributed by atoms with Crippen LogP contribution in [-0.4, -0.2) is 48.2 Å². The number of ether oxygens (including phenoxy) is 2. The number of carbonyl (C=O) groups is 3. The van der Waals surface area contributed by atoms with Crippen molar-refractivity contribution in [1.29, 1.82) is 0 Å². The molecule has 0 bridgehead atoms. The molecule has 0 aliphatic carbocycles. The molecule has 3 aromatic carbocycles. The first-order valence-corrected chi connectivity index (χ1v) is 12.5. The highest BCUT2D eigenvalue weighted by Crippen LogP contribution is 2.45. The van der Waals surface area contributed by atoms with Gasteiger partial charge in [-0.25, -0.2) is 9.59 Å². The van der Waals surface area contributed by atoms with Crippen LogP contribution in [0.1, 0.15) is 53.3 Å². The van der Waals surface area contributed by atoms with Crippen molar-refractivity contribution in [1.82, 2.24) is 10.2 Å². The van der Waals surface area contributed by atoms with Gasteiger partial charge in [0.15, 0.2) is 0 Å². The highest BCUT2D eigenvalue weighted by Gasteiger charge is 2.38. The van der Waals surface area contributed by atoms with E-state index < -0.39 is 12.0 Å². The minimum absolute atomic E-state index is 0.127. The number of esters is 1. The number of urea groups is 1. The second kappa shape index (κ2) is 12.1. The summed E-state index contributed by atoms with van der Waals surface area (Å²) in [6, 6.07) is 19.8. The number of phenols is 1. The van der Waals surface area contributed by atoms with E-state index in [2.05, 4.69) is 10.6 Å². The molecule has 2 atom stereocenters. The van der Waals surface area contributed by atoms with Crippen molar-refractivity contribution < 1.29 is 29.0 Å². The lowest BCUT2D eigenvalue weighted by molar-refractivity contribution is -0.133. The molecule has 0 radical (unpaired) electrons. The maximum atomic E-state index is 13.6. The Kier molecular flexibility index (Phi) is 8.47. The number of likely N-dealkylation sites (tertiary alicyclic amines) is 1. The van der Waals surface area contributed by atoms with Gasteiger partial charge in [0.2, 0.25) is 5.91 Å². The van der Waals surface area contributed by atoms with Crippen molar-refractivity contribution in [3.05, 3.63) is 89.5 Å². The van der Waals surface area contributed by atoms with Crippen LogP contribution in [0.4, 0.5) is 10.5 Å². The number of anilines is 1. The molecule has 1 fully saturated rings. The molecule has 38 heavy (non-hydrogen) atoms. The minimum Gasteiger partial charge on any atom is -0.508 e. The van der Waals surface area contributed by atoms with E-state index in [4.69, 9.17) is 9.47 Å². The zero-order valence-electron chi connectivity index (χ0n) is 21.3. The Morgan fingerprint density at radius 2 is 1.63 bits per heavy atom. The van der Waals surface area contributed by atoms with Crippen LogP contribution in [-0.2, 0) is 9.53 Å². The maximum absolute atomic E-state index is 13.6. The second-order valence-corrected chi connectivity index (χ2v) is 8.89. The first kappa shape index (κ1) is 26.5. The van der Waals surface area contributed by atoms with Crippen LogP contribution in [0.5, 0.6) is 11.5 Å². The summed E-state index contributed by atoms with van der Waals surface area (Å²) in [7, 11) is 1.59. The van der Waals surface area contributed by atoms with Crippen LogP contribution in [0.15, 0.2) is 72.8 Å². The molecule has 9 nitrogen and oxygen atoms in total. The Labute approximate surface area is 221 Å². The first-order chi connectivity index (χ1) is 18.4. The predicted molar refractivity (Wildman–Crippen MR) is 142 cm³/mol. The van der Waals surface area contributed by atoms with Crippen LogP contribution in [0, 0.1) is 0 Å². The summed E-state index contributed by atoms with van der Waals surface area (Å²) in [5, 5.41) is 15.3. The second-order valence-electron chi connectivity index (χ2n) is 8.89. The zero-order chi connectivity index (χ0) is 27.1. The number of benzene rings is 3. The largest absolute Gasteiger partial charge is 0.508 e. The van der Waals surface area contributed by atoms with Crippen LogP contribution in [0.3, 0.4) is 0 Å². The topological polar surface area (TPSA) is 117 Å². The number of methoxy groups -OCH3 is 1. The van der Waals surface area contributed by atoms with Crippen LogP contribution in [0.25, 0.3) is 0 Å². The summed E-state index contributed by atoms with van der Waals surface area (Å²) >= 11 is 0. The molecule has 1 heterocycles. The van der Waals surface area contributed by atoms with Gasteiger partial charge < -0.3 is 30.1 Å². The standard InChI is InChI=1S/C29H31N3O6/c1-3-38-28(35)21-9-4-10-22(15-21)31-29(36)30-18-27(34)32-25(19-7-5-11-23(33)16-19)13-14-26(32)20-8-6-12-24(17-20)37-2/h4-12,15-17,25-26,33H,3,13-14,18H2,1-2H3,(H2,30,31,36). The van der Waals surface area contributed by atoms with Crippen molar-refractivity contribution in [2.24, 2.45) is 0 Å². The third-order valence-corrected chi connectivity index (χ3v) is 6.44. The molecule has 0 saturated carbocycles. The lowest BCUT2D eigenvalue weighted by Gasteiger charge is -2.31. The number of hydrogen-bond acceptors (Lipinski definition) is 6. The molecule has 1 aliphatic rings. The van der Waals surface area contributed by atoms with Crippen molar-refractivity contribution in [2.75, 3.05) is 25.6 Å². The molecule has 1 aliphatic heterocycles. The normalized spacial score (nSPS) is 16.5. The van der Waals surface area contributed by atoms with E-state index in [1.54, 1.807) is 55.3 Å². The van der Waals surface area contributed by atoms with E-state index in [0.29, 0.717) is 29.8 Å². The molecule has 1 saturated heterocycles. The van der Waals surface area contributed by atoms with Crippen molar-refractivity contribution in [2.45, 2.75) is 31.8 Å². The smallest absolute Gasteiger partial charge is 0.338 e. The van der Waals surface area contributed by atoms with Crippen molar-refractivity contribution in [3.8, 4) is 11.5 Å². The fraction of sp³-hybridized carbons (Fsp3) is 0.276. The zero-order valence-corrected chi connectivity index (χ0v) is 21.3. The molecular weight excluding hydrogens is 486 g/mol. The predicted octanol–water partition coefficient (Wildman–Crippen LogP) is 4.80. The monoisotopic (exact) mass is 517 g/mol. The number of carbonyl (C=O) groups excluding carboxylic acids is 3. The highest BCUT2D eigenvalue weighted by atomic mass is 16.5. The lowest BCUT2D eigenvalue weighted by Crippen LogP contribution is -2.42. The Balaban J connectivity index is 1.49. The van der Waals surface area contributed by atoms with E-state index >= 15 is 0 Å². The van der Waals surface area contributed by atoms with Gasteiger partial charge in [0.05, 0.1) is 37.9 Å². The van der Waals surface area contributed by atoms with Crippen molar-refractivity contribution >= 4 is 23.6 Å². The van der Waals surface area contributed by atoms with Gasteiger partial charge in [0, 0.05) is 5.69 Å². The van der Waals surface area contributed by atoms with Crippen LogP contribution in [0.2, 0.25) is 0 Å². The fourth-order valence-corrected chi connectivity index (χ4v) is 4.75. The maximum Gasteiger partial charge on any atom is 0.338 e. The van der Waals surface area contributed by atoms with Gasteiger partial charge in [-0.05, 0) is 73.4 Å². The average Bonchev–Trinajstić information content (AvgIpc) is 3.37. The first-order valence-electron chi connectivity index (χ1n) is 12.5. The van der Waals surface area contributed by atoms with E-state index in [-0.39, 0.29) is 36.9 Å². The van der Waals surface area contributed by atoms with E-state index in [1.807, 2.05) is 30.3 Å². The summed E-state index contributed by atoms with van der Waals surface area (Å²) in [5.74, 6) is 0.0713. The Morgan fingerprint density at radius 1 is 0.947 bits per heavy atom. The van der Waals surface area contributed by atoms with Gasteiger partial charge in [0.25, 0.3) is 0 Å². The fourth-order valence-electron chi connectivity index (χ4n) is 4.75. The molecule has 0 aromatic heterocycles. The number of aromatic hydroxyl groups is 1. The molecule has 2 unspecified atom stereocenters. The number of nitrogens with zero attached hydrogens (tertiary/aromatic N) is 1. The van der Waals surface area contributed by atoms with E-state index in [1.165, 1.54) is 6.07 Å². The molecular formula is C29H31N3O6. The summed E-state index contributed by atoms with van der Waals surface area (Å²) in [6.45, 7) is 1.73. The summed E-state index contributed by atoms with van der Waals surface area (Å²) < 4.78 is 10.4. The molecule has 4 rings (SSSR count). The molecule has 3 N–H and O–H groups in total. The highest BCUT2D eigenvalue weighted by molar-refractivity contribution is 5.95. The molecule has 9 heteroatoms. The average molecular weight is 518 g/mol. The molecule has 3 amide bonds. The van der Waals surface area contributed by atoms with Gasteiger partial charge in [0.1, 0.15) is 11.5 Å². The number of nitrogens with one attached hydrogen (secondary N) is 2. The number of hydrogen-bond donors (Lipinski definition) is 3. The molecule has 198 valence electrons. The third-order valence-electron chi connectivity index (χ3n) is 6.44. The Morgan fingerprint density at radius 3 is 2.32 bits per heavy atom. The van der Waals surface area contributed by atoms with Gasteiger partial charge in [-0.15, -0.1) is 0 Å². The SMILES string of the molecule is CCOC(=O)c1cccc(NC(=O)NCC(=O)N2C(c3cccc(O)c3)CCC2c2cccc(OC)c2)c1. The molecule has 0 spiro atoms. The van der Waals surface area contributed by atoms with Crippen LogP contribution < -0.4 is 15.4 Å². The molecule has 3 aromatic rings. The minimum atomic E-state index is -0.578. The lowest BCUT2D eigenvalue weighted by atomic mass is 10.0. The quantitative estimate of drug-likeness (QED) is 0.370. The summed E-state index contributed by atoms with van der Waals surface area (Å²) in [5.41, 5.74) is 2.46. The number of rotatable bonds is 8. The van der Waals surface area contributed by atoms with E-state index in [9.17, 15) is 19.5 Å². The van der Waals surface area contributed by atoms with Gasteiger partial charge in [-0.3, -0.25) is 4.79 Å². The van der Waals surface area contributed by atoms with Gasteiger partial charge in [-0.1, -0.05) is 30.3 Å². The number of phenolic OH excluding ortho intramolecular Hbond substituents is 1. The van der Waals surface area contributed by atoms with Crippen molar-refractivity contribution in [3.63, 3.8) is 0 Å². The van der Waals surface area contributed by atoms with Gasteiger partial charge in [-0.2, -0.15) is 0 Å². The third kappa shape index (κ3) is 6.23. The Bertz CT molecular complexity index is 1310.